The standard InChI is InChI=1S/C15H24N2OS/c1-10(18)17-11-6-7-19-12(11)8-16-9-13-14(2,3)15(13,4)5/h6-7,13,16H,8-9H2,1-5H3,(H,17,18). The Morgan fingerprint density at radius 3 is 2.47 bits per heavy atom. The Kier molecular flexibility index (Phi) is 3.76. The van der Waals surface area contributed by atoms with Crippen LogP contribution in [-0.4, -0.2) is 12.5 Å². The highest BCUT2D eigenvalue weighted by Gasteiger charge is 2.63. The molecule has 1 amide bonds. The summed E-state index contributed by atoms with van der Waals surface area (Å²) in [7, 11) is 0. The van der Waals surface area contributed by atoms with Gasteiger partial charge in [0, 0.05) is 18.3 Å². The van der Waals surface area contributed by atoms with Gasteiger partial charge in [-0.25, -0.2) is 0 Å². The van der Waals surface area contributed by atoms with Crippen LogP contribution in [0.1, 0.15) is 39.5 Å². The van der Waals surface area contributed by atoms with Gasteiger partial charge in [0.25, 0.3) is 0 Å². The molecule has 2 rings (SSSR count). The van der Waals surface area contributed by atoms with Gasteiger partial charge >= 0.3 is 0 Å². The van der Waals surface area contributed by atoms with E-state index in [0.29, 0.717) is 10.8 Å². The van der Waals surface area contributed by atoms with Crippen molar-refractivity contribution in [2.75, 3.05) is 11.9 Å². The maximum absolute atomic E-state index is 11.1. The van der Waals surface area contributed by atoms with Gasteiger partial charge in [-0.15, -0.1) is 11.3 Å². The van der Waals surface area contributed by atoms with E-state index in [1.54, 1.807) is 18.3 Å². The lowest BCUT2D eigenvalue weighted by molar-refractivity contribution is -0.114. The Labute approximate surface area is 119 Å². The minimum absolute atomic E-state index is 0.0101. The van der Waals surface area contributed by atoms with E-state index in [-0.39, 0.29) is 5.91 Å². The van der Waals surface area contributed by atoms with Gasteiger partial charge in [0.05, 0.1) is 5.69 Å². The van der Waals surface area contributed by atoms with Crippen LogP contribution in [0.4, 0.5) is 5.69 Å². The molecule has 3 nitrogen and oxygen atoms in total. The van der Waals surface area contributed by atoms with E-state index in [9.17, 15) is 4.79 Å². The Morgan fingerprint density at radius 2 is 1.95 bits per heavy atom. The normalized spacial score (nSPS) is 20.3. The monoisotopic (exact) mass is 280 g/mol. The maximum atomic E-state index is 11.1. The zero-order valence-electron chi connectivity index (χ0n) is 12.5. The Hall–Kier alpha value is -0.870. The highest BCUT2D eigenvalue weighted by atomic mass is 32.1. The molecule has 1 aromatic rings. The number of amides is 1. The van der Waals surface area contributed by atoms with Crippen molar-refractivity contribution < 1.29 is 4.79 Å². The fourth-order valence-electron chi connectivity index (χ4n) is 2.95. The third-order valence-corrected chi connectivity index (χ3v) is 5.93. The van der Waals surface area contributed by atoms with Crippen LogP contribution in [0.2, 0.25) is 0 Å². The number of nitrogens with one attached hydrogen (secondary N) is 2. The number of thiophene rings is 1. The van der Waals surface area contributed by atoms with Crippen LogP contribution in [0.15, 0.2) is 11.4 Å². The summed E-state index contributed by atoms with van der Waals surface area (Å²) in [5.74, 6) is 0.716. The first-order valence-corrected chi connectivity index (χ1v) is 7.69. The van der Waals surface area contributed by atoms with E-state index in [1.807, 2.05) is 11.4 Å². The molecule has 0 radical (unpaired) electrons. The van der Waals surface area contributed by atoms with E-state index in [4.69, 9.17) is 0 Å². The predicted octanol–water partition coefficient (Wildman–Crippen LogP) is 3.48. The summed E-state index contributed by atoms with van der Waals surface area (Å²) in [5.41, 5.74) is 1.80. The number of carbonyl (C=O) groups is 1. The van der Waals surface area contributed by atoms with Crippen LogP contribution in [0.3, 0.4) is 0 Å². The van der Waals surface area contributed by atoms with E-state index in [1.165, 1.54) is 4.88 Å². The summed E-state index contributed by atoms with van der Waals surface area (Å²) in [6, 6.07) is 1.97. The molecule has 1 heterocycles. The van der Waals surface area contributed by atoms with Gasteiger partial charge in [0.15, 0.2) is 0 Å². The molecule has 0 spiro atoms. The van der Waals surface area contributed by atoms with Crippen molar-refractivity contribution in [3.63, 3.8) is 0 Å². The molecular weight excluding hydrogens is 256 g/mol. The van der Waals surface area contributed by atoms with Gasteiger partial charge in [-0.3, -0.25) is 4.79 Å². The maximum Gasteiger partial charge on any atom is 0.221 e. The summed E-state index contributed by atoms with van der Waals surface area (Å²) in [6.07, 6.45) is 0. The second-order valence-electron chi connectivity index (χ2n) is 6.57. The van der Waals surface area contributed by atoms with Crippen molar-refractivity contribution >= 4 is 22.9 Å². The average molecular weight is 280 g/mol. The van der Waals surface area contributed by atoms with Crippen molar-refractivity contribution in [2.45, 2.75) is 41.2 Å². The summed E-state index contributed by atoms with van der Waals surface area (Å²) in [5, 5.41) is 8.43. The molecule has 106 valence electrons. The smallest absolute Gasteiger partial charge is 0.221 e. The highest BCUT2D eigenvalue weighted by molar-refractivity contribution is 7.10. The first kappa shape index (κ1) is 14.5. The van der Waals surface area contributed by atoms with Crippen molar-refractivity contribution in [2.24, 2.45) is 16.7 Å². The molecule has 19 heavy (non-hydrogen) atoms. The van der Waals surface area contributed by atoms with E-state index in [0.717, 1.165) is 24.7 Å². The zero-order chi connectivity index (χ0) is 14.3. The van der Waals surface area contributed by atoms with Crippen molar-refractivity contribution in [3.05, 3.63) is 16.3 Å². The van der Waals surface area contributed by atoms with Crippen molar-refractivity contribution in [1.82, 2.24) is 5.32 Å². The molecule has 0 saturated heterocycles. The molecule has 0 bridgehead atoms. The molecule has 4 heteroatoms. The number of hydrogen-bond acceptors (Lipinski definition) is 3. The van der Waals surface area contributed by atoms with Crippen LogP contribution < -0.4 is 10.6 Å². The third-order valence-electron chi connectivity index (χ3n) is 5.01. The van der Waals surface area contributed by atoms with Gasteiger partial charge in [-0.05, 0) is 34.7 Å². The van der Waals surface area contributed by atoms with Crippen LogP contribution in [0, 0.1) is 16.7 Å². The lowest BCUT2D eigenvalue weighted by atomic mass is 10.0. The second-order valence-corrected chi connectivity index (χ2v) is 7.57. The SMILES string of the molecule is CC(=O)Nc1ccsc1CNCC1C(C)(C)C1(C)C. The zero-order valence-corrected chi connectivity index (χ0v) is 13.3. The van der Waals surface area contributed by atoms with Gasteiger partial charge in [-0.2, -0.15) is 0 Å². The molecule has 2 N–H and O–H groups in total. The minimum atomic E-state index is -0.0101. The molecule has 0 aromatic carbocycles. The van der Waals surface area contributed by atoms with Crippen LogP contribution in [-0.2, 0) is 11.3 Å². The van der Waals surface area contributed by atoms with Crippen molar-refractivity contribution in [1.29, 1.82) is 0 Å². The predicted molar refractivity (Wildman–Crippen MR) is 81.4 cm³/mol. The van der Waals surface area contributed by atoms with Gasteiger partial charge in [0.2, 0.25) is 5.91 Å². The molecule has 0 unspecified atom stereocenters. The fraction of sp³-hybridized carbons (Fsp3) is 0.667. The molecule has 0 atom stereocenters. The van der Waals surface area contributed by atoms with E-state index in [2.05, 4.69) is 38.3 Å². The Bertz CT molecular complexity index is 462. The average Bonchev–Trinajstić information content (AvgIpc) is 2.65. The summed E-state index contributed by atoms with van der Waals surface area (Å²) < 4.78 is 0. The van der Waals surface area contributed by atoms with Crippen LogP contribution >= 0.6 is 11.3 Å². The Balaban J connectivity index is 1.84. The molecule has 1 fully saturated rings. The largest absolute Gasteiger partial charge is 0.325 e. The quantitative estimate of drug-likeness (QED) is 0.867. The number of rotatable bonds is 5. The number of hydrogen-bond donors (Lipinski definition) is 2. The molecular formula is C15H24N2OS. The first-order chi connectivity index (χ1) is 8.76. The lowest BCUT2D eigenvalue weighted by Gasteiger charge is -2.07. The topological polar surface area (TPSA) is 41.1 Å². The number of carbonyl (C=O) groups excluding carboxylic acids is 1. The highest BCUT2D eigenvalue weighted by Crippen LogP contribution is 2.67. The second kappa shape index (κ2) is 4.91. The molecule has 1 aromatic heterocycles. The minimum Gasteiger partial charge on any atom is -0.325 e. The van der Waals surface area contributed by atoms with Crippen molar-refractivity contribution in [3.8, 4) is 0 Å². The van der Waals surface area contributed by atoms with Crippen LogP contribution in [0.5, 0.6) is 0 Å². The fourth-order valence-corrected chi connectivity index (χ4v) is 3.75. The van der Waals surface area contributed by atoms with E-state index >= 15 is 0 Å². The molecule has 1 aliphatic carbocycles. The van der Waals surface area contributed by atoms with Gasteiger partial charge in [0.1, 0.15) is 0 Å². The summed E-state index contributed by atoms with van der Waals surface area (Å²) >= 11 is 1.69. The third kappa shape index (κ3) is 2.70. The van der Waals surface area contributed by atoms with E-state index < -0.39 is 0 Å². The lowest BCUT2D eigenvalue weighted by Crippen LogP contribution is -2.19. The Morgan fingerprint density at radius 1 is 1.32 bits per heavy atom. The summed E-state index contributed by atoms with van der Waals surface area (Å²) in [6.45, 7) is 12.8. The summed E-state index contributed by atoms with van der Waals surface area (Å²) in [4.78, 5) is 12.3. The van der Waals surface area contributed by atoms with Gasteiger partial charge < -0.3 is 10.6 Å². The molecule has 1 saturated carbocycles. The molecule has 1 aliphatic rings. The first-order valence-electron chi connectivity index (χ1n) is 6.81. The number of anilines is 1. The van der Waals surface area contributed by atoms with Crippen LogP contribution in [0.25, 0.3) is 0 Å². The van der Waals surface area contributed by atoms with Gasteiger partial charge in [-0.1, -0.05) is 27.7 Å². The molecule has 0 aliphatic heterocycles.